The van der Waals surface area contributed by atoms with Crippen molar-refractivity contribution < 1.29 is 9.18 Å². The number of halogens is 1. The van der Waals surface area contributed by atoms with Crippen LogP contribution in [0.3, 0.4) is 0 Å². The average molecular weight is 264 g/mol. The van der Waals surface area contributed by atoms with E-state index < -0.39 is 0 Å². The highest BCUT2D eigenvalue weighted by molar-refractivity contribution is 5.78. The molecule has 3 nitrogen and oxygen atoms in total. The molecule has 1 amide bonds. The van der Waals surface area contributed by atoms with Crippen LogP contribution in [0.25, 0.3) is 0 Å². The summed E-state index contributed by atoms with van der Waals surface area (Å²) in [5.41, 5.74) is 2.20. The predicted molar refractivity (Wildman–Crippen MR) is 73.2 cm³/mol. The molecule has 1 saturated heterocycles. The lowest BCUT2D eigenvalue weighted by atomic mass is 9.88. The van der Waals surface area contributed by atoms with E-state index in [-0.39, 0.29) is 17.6 Å². The summed E-state index contributed by atoms with van der Waals surface area (Å²) in [6.07, 6.45) is 0. The summed E-state index contributed by atoms with van der Waals surface area (Å²) in [5, 5.41) is 6.10. The first kappa shape index (κ1) is 14.0. The van der Waals surface area contributed by atoms with E-state index in [9.17, 15) is 9.18 Å². The molecule has 1 unspecified atom stereocenters. The van der Waals surface area contributed by atoms with E-state index in [2.05, 4.69) is 10.6 Å². The molecule has 1 aromatic carbocycles. The maximum absolute atomic E-state index is 13.5. The Morgan fingerprint density at radius 1 is 1.42 bits per heavy atom. The summed E-state index contributed by atoms with van der Waals surface area (Å²) >= 11 is 0. The first-order valence-electron chi connectivity index (χ1n) is 6.73. The molecule has 0 radical (unpaired) electrons. The Labute approximate surface area is 113 Å². The largest absolute Gasteiger partial charge is 0.352 e. The van der Waals surface area contributed by atoms with E-state index in [1.165, 1.54) is 0 Å². The van der Waals surface area contributed by atoms with Crippen LogP contribution < -0.4 is 10.6 Å². The normalized spacial score (nSPS) is 16.8. The zero-order chi connectivity index (χ0) is 14.0. The SMILES string of the molecule is Cc1cc(CNC(=O)C(C)C2CNC2)cc(C)c1F. The van der Waals surface area contributed by atoms with Crippen molar-refractivity contribution in [2.75, 3.05) is 13.1 Å². The molecule has 1 aromatic rings. The lowest BCUT2D eigenvalue weighted by Crippen LogP contribution is -2.49. The fraction of sp³-hybridized carbons (Fsp3) is 0.533. The first-order chi connectivity index (χ1) is 8.99. The van der Waals surface area contributed by atoms with Crippen LogP contribution in [0.1, 0.15) is 23.6 Å². The van der Waals surface area contributed by atoms with Gasteiger partial charge in [-0.2, -0.15) is 0 Å². The summed E-state index contributed by atoms with van der Waals surface area (Å²) in [4.78, 5) is 12.0. The number of aryl methyl sites for hydroxylation is 2. The fourth-order valence-corrected chi connectivity index (χ4v) is 2.37. The van der Waals surface area contributed by atoms with Gasteiger partial charge in [0, 0.05) is 12.5 Å². The van der Waals surface area contributed by atoms with Gasteiger partial charge in [-0.1, -0.05) is 19.1 Å². The Kier molecular flexibility index (Phi) is 4.20. The number of carbonyl (C=O) groups is 1. The van der Waals surface area contributed by atoms with Crippen LogP contribution >= 0.6 is 0 Å². The second-order valence-electron chi connectivity index (χ2n) is 5.47. The van der Waals surface area contributed by atoms with Gasteiger partial charge < -0.3 is 10.6 Å². The Hall–Kier alpha value is -1.42. The van der Waals surface area contributed by atoms with Crippen LogP contribution in [-0.2, 0) is 11.3 Å². The third kappa shape index (κ3) is 3.13. The Morgan fingerprint density at radius 2 is 2.00 bits per heavy atom. The second kappa shape index (κ2) is 5.70. The summed E-state index contributed by atoms with van der Waals surface area (Å²) in [6.45, 7) is 7.76. The number of benzene rings is 1. The number of hydrogen-bond donors (Lipinski definition) is 2. The minimum absolute atomic E-state index is 0.0314. The van der Waals surface area contributed by atoms with Crippen molar-refractivity contribution in [2.24, 2.45) is 11.8 Å². The fourth-order valence-electron chi connectivity index (χ4n) is 2.37. The minimum Gasteiger partial charge on any atom is -0.352 e. The van der Waals surface area contributed by atoms with Gasteiger partial charge >= 0.3 is 0 Å². The highest BCUT2D eigenvalue weighted by Gasteiger charge is 2.28. The van der Waals surface area contributed by atoms with E-state index in [0.717, 1.165) is 18.7 Å². The Balaban J connectivity index is 1.93. The van der Waals surface area contributed by atoms with Gasteiger partial charge in [0.1, 0.15) is 5.82 Å². The minimum atomic E-state index is -0.163. The van der Waals surface area contributed by atoms with E-state index >= 15 is 0 Å². The van der Waals surface area contributed by atoms with Gasteiger partial charge in [-0.15, -0.1) is 0 Å². The Morgan fingerprint density at radius 3 is 2.47 bits per heavy atom. The van der Waals surface area contributed by atoms with Gasteiger partial charge in [0.2, 0.25) is 5.91 Å². The maximum Gasteiger partial charge on any atom is 0.223 e. The summed E-state index contributed by atoms with van der Waals surface area (Å²) in [6, 6.07) is 3.58. The van der Waals surface area contributed by atoms with Crippen molar-refractivity contribution in [1.82, 2.24) is 10.6 Å². The molecule has 104 valence electrons. The van der Waals surface area contributed by atoms with Gasteiger partial charge in [-0.05, 0) is 49.5 Å². The molecule has 1 aliphatic heterocycles. The molecule has 2 N–H and O–H groups in total. The zero-order valence-electron chi connectivity index (χ0n) is 11.7. The summed E-state index contributed by atoms with van der Waals surface area (Å²) < 4.78 is 13.5. The molecule has 0 saturated carbocycles. The van der Waals surface area contributed by atoms with Crippen molar-refractivity contribution in [1.29, 1.82) is 0 Å². The van der Waals surface area contributed by atoms with Crippen LogP contribution in [0.15, 0.2) is 12.1 Å². The second-order valence-corrected chi connectivity index (χ2v) is 5.47. The highest BCUT2D eigenvalue weighted by Crippen LogP contribution is 2.17. The van der Waals surface area contributed by atoms with Crippen molar-refractivity contribution >= 4 is 5.91 Å². The lowest BCUT2D eigenvalue weighted by molar-refractivity contribution is -0.126. The molecule has 19 heavy (non-hydrogen) atoms. The predicted octanol–water partition coefficient (Wildman–Crippen LogP) is 1.91. The number of hydrogen-bond acceptors (Lipinski definition) is 2. The summed E-state index contributed by atoms with van der Waals surface area (Å²) in [5.74, 6) is 0.385. The van der Waals surface area contributed by atoms with Crippen molar-refractivity contribution in [3.8, 4) is 0 Å². The van der Waals surface area contributed by atoms with Gasteiger partial charge in [0.05, 0.1) is 0 Å². The van der Waals surface area contributed by atoms with Crippen LogP contribution in [0.5, 0.6) is 0 Å². The molecule has 0 aliphatic carbocycles. The van der Waals surface area contributed by atoms with Crippen LogP contribution in [0.4, 0.5) is 4.39 Å². The maximum atomic E-state index is 13.5. The molecule has 1 heterocycles. The van der Waals surface area contributed by atoms with Crippen LogP contribution in [-0.4, -0.2) is 19.0 Å². The standard InChI is InChI=1S/C15H21FN2O/c1-9-4-12(5-10(2)14(9)16)6-18-15(19)11(3)13-7-17-8-13/h4-5,11,13,17H,6-8H2,1-3H3,(H,18,19). The van der Waals surface area contributed by atoms with Gasteiger partial charge in [0.15, 0.2) is 0 Å². The summed E-state index contributed by atoms with van der Waals surface area (Å²) in [7, 11) is 0. The van der Waals surface area contributed by atoms with Crippen molar-refractivity contribution in [2.45, 2.75) is 27.3 Å². The molecular formula is C15H21FN2O. The van der Waals surface area contributed by atoms with Gasteiger partial charge in [-0.25, -0.2) is 4.39 Å². The topological polar surface area (TPSA) is 41.1 Å². The highest BCUT2D eigenvalue weighted by atomic mass is 19.1. The average Bonchev–Trinajstić information content (AvgIpc) is 2.30. The molecule has 4 heteroatoms. The molecule has 2 rings (SSSR count). The quantitative estimate of drug-likeness (QED) is 0.872. The van der Waals surface area contributed by atoms with E-state index in [1.807, 2.05) is 6.92 Å². The van der Waals surface area contributed by atoms with E-state index in [4.69, 9.17) is 0 Å². The van der Waals surface area contributed by atoms with E-state index in [0.29, 0.717) is 23.6 Å². The number of carbonyl (C=O) groups excluding carboxylic acids is 1. The smallest absolute Gasteiger partial charge is 0.223 e. The third-order valence-corrected chi connectivity index (χ3v) is 3.90. The number of nitrogens with one attached hydrogen (secondary N) is 2. The van der Waals surface area contributed by atoms with Gasteiger partial charge in [0.25, 0.3) is 0 Å². The van der Waals surface area contributed by atoms with Crippen molar-refractivity contribution in [3.05, 3.63) is 34.6 Å². The molecule has 0 bridgehead atoms. The van der Waals surface area contributed by atoms with E-state index in [1.54, 1.807) is 26.0 Å². The lowest BCUT2D eigenvalue weighted by Gasteiger charge is -2.31. The molecular weight excluding hydrogens is 243 g/mol. The van der Waals surface area contributed by atoms with Crippen LogP contribution in [0.2, 0.25) is 0 Å². The molecule has 0 spiro atoms. The van der Waals surface area contributed by atoms with Crippen molar-refractivity contribution in [3.63, 3.8) is 0 Å². The molecule has 1 fully saturated rings. The first-order valence-corrected chi connectivity index (χ1v) is 6.73. The Bertz CT molecular complexity index is 460. The molecule has 1 aliphatic rings. The molecule has 0 aromatic heterocycles. The zero-order valence-corrected chi connectivity index (χ0v) is 11.7. The third-order valence-electron chi connectivity index (χ3n) is 3.90. The van der Waals surface area contributed by atoms with Gasteiger partial charge in [-0.3, -0.25) is 4.79 Å². The monoisotopic (exact) mass is 264 g/mol. The van der Waals surface area contributed by atoms with Crippen LogP contribution in [0, 0.1) is 31.5 Å². The number of amides is 1. The molecule has 1 atom stereocenters. The number of rotatable bonds is 4.